The summed E-state index contributed by atoms with van der Waals surface area (Å²) >= 11 is 0. The first-order valence-corrected chi connectivity index (χ1v) is 8.02. The number of benzene rings is 1. The van der Waals surface area contributed by atoms with Gasteiger partial charge in [0.1, 0.15) is 5.78 Å². The fourth-order valence-electron chi connectivity index (χ4n) is 3.76. The number of carbonyl (C=O) groups excluding carboxylic acids is 2. The zero-order chi connectivity index (χ0) is 16.4. The zero-order valence-corrected chi connectivity index (χ0v) is 13.4. The Morgan fingerprint density at radius 3 is 2.57 bits per heavy atom. The van der Waals surface area contributed by atoms with E-state index in [0.29, 0.717) is 13.0 Å². The molecule has 5 atom stereocenters. The van der Waals surface area contributed by atoms with Crippen LogP contribution in [0, 0.1) is 17.8 Å². The molecule has 0 N–H and O–H groups in total. The Balaban J connectivity index is 1.78. The van der Waals surface area contributed by atoms with Gasteiger partial charge in [-0.15, -0.1) is 0 Å². The minimum atomic E-state index is -0.479. The van der Waals surface area contributed by atoms with Gasteiger partial charge in [0.2, 0.25) is 0 Å². The molecule has 1 saturated carbocycles. The second-order valence-electron chi connectivity index (χ2n) is 6.26. The van der Waals surface area contributed by atoms with Gasteiger partial charge in [-0.2, -0.15) is 0 Å². The van der Waals surface area contributed by atoms with Gasteiger partial charge in [0, 0.05) is 17.4 Å². The van der Waals surface area contributed by atoms with E-state index in [-0.39, 0.29) is 29.7 Å². The SMILES string of the molecule is COC(=O)[C@H]1[C@@H]2CO[C@H](c3ccccc3)O[C@@H]2CC[C@@H]1C(C)=O. The van der Waals surface area contributed by atoms with E-state index >= 15 is 0 Å². The summed E-state index contributed by atoms with van der Waals surface area (Å²) in [6, 6.07) is 9.75. The normalized spacial score (nSPS) is 33.6. The number of hydrogen-bond acceptors (Lipinski definition) is 5. The predicted octanol–water partition coefficient (Wildman–Crippen LogP) is 2.51. The van der Waals surface area contributed by atoms with Gasteiger partial charge >= 0.3 is 5.97 Å². The second-order valence-corrected chi connectivity index (χ2v) is 6.26. The Kier molecular flexibility index (Phi) is 4.78. The lowest BCUT2D eigenvalue weighted by Crippen LogP contribution is -2.50. The number of ether oxygens (including phenoxy) is 3. The molecule has 23 heavy (non-hydrogen) atoms. The van der Waals surface area contributed by atoms with E-state index < -0.39 is 12.2 Å². The molecule has 2 fully saturated rings. The number of methoxy groups -OCH3 is 1. The van der Waals surface area contributed by atoms with Crippen molar-refractivity contribution in [3.05, 3.63) is 35.9 Å². The highest BCUT2D eigenvalue weighted by atomic mass is 16.7. The molecule has 0 radical (unpaired) electrons. The maximum absolute atomic E-state index is 12.2. The van der Waals surface area contributed by atoms with Crippen molar-refractivity contribution < 1.29 is 23.8 Å². The van der Waals surface area contributed by atoms with Crippen molar-refractivity contribution in [3.8, 4) is 0 Å². The van der Waals surface area contributed by atoms with Crippen LogP contribution >= 0.6 is 0 Å². The van der Waals surface area contributed by atoms with Crippen molar-refractivity contribution in [2.45, 2.75) is 32.2 Å². The first kappa shape index (κ1) is 16.1. The number of carbonyl (C=O) groups is 2. The number of ketones is 1. The van der Waals surface area contributed by atoms with Crippen LogP contribution in [-0.2, 0) is 23.8 Å². The molecule has 3 rings (SSSR count). The molecule has 1 aromatic carbocycles. The van der Waals surface area contributed by atoms with E-state index in [1.54, 1.807) is 0 Å². The smallest absolute Gasteiger partial charge is 0.309 e. The maximum Gasteiger partial charge on any atom is 0.309 e. The van der Waals surface area contributed by atoms with Crippen LogP contribution < -0.4 is 0 Å². The number of hydrogen-bond donors (Lipinski definition) is 0. The Morgan fingerprint density at radius 1 is 1.17 bits per heavy atom. The quantitative estimate of drug-likeness (QED) is 0.801. The molecule has 0 bridgehead atoms. The third-order valence-corrected chi connectivity index (χ3v) is 4.94. The predicted molar refractivity (Wildman–Crippen MR) is 82.4 cm³/mol. The van der Waals surface area contributed by atoms with Crippen LogP contribution in [0.2, 0.25) is 0 Å². The summed E-state index contributed by atoms with van der Waals surface area (Å²) in [6.07, 6.45) is 0.908. The number of esters is 1. The van der Waals surface area contributed by atoms with Crippen molar-refractivity contribution in [2.24, 2.45) is 17.8 Å². The summed E-state index contributed by atoms with van der Waals surface area (Å²) in [5.74, 6) is -1.23. The van der Waals surface area contributed by atoms with Crippen LogP contribution in [0.4, 0.5) is 0 Å². The van der Waals surface area contributed by atoms with Gasteiger partial charge < -0.3 is 14.2 Å². The first-order valence-electron chi connectivity index (χ1n) is 8.02. The molecule has 124 valence electrons. The van der Waals surface area contributed by atoms with E-state index in [1.165, 1.54) is 14.0 Å². The van der Waals surface area contributed by atoms with E-state index in [9.17, 15) is 9.59 Å². The fourth-order valence-corrected chi connectivity index (χ4v) is 3.76. The first-order chi connectivity index (χ1) is 11.1. The average Bonchev–Trinajstić information content (AvgIpc) is 2.60. The summed E-state index contributed by atoms with van der Waals surface area (Å²) in [5.41, 5.74) is 0.967. The summed E-state index contributed by atoms with van der Waals surface area (Å²) < 4.78 is 16.9. The third kappa shape index (κ3) is 3.16. The van der Waals surface area contributed by atoms with Gasteiger partial charge in [-0.3, -0.25) is 9.59 Å². The van der Waals surface area contributed by atoms with Gasteiger partial charge in [0.05, 0.1) is 25.7 Å². The maximum atomic E-state index is 12.2. The molecule has 1 aliphatic heterocycles. The topological polar surface area (TPSA) is 61.8 Å². The molecule has 1 aliphatic carbocycles. The number of Topliss-reactive ketones (excluding diaryl/α,β-unsaturated/α-hetero) is 1. The molecular formula is C18H22O5. The van der Waals surface area contributed by atoms with Crippen LogP contribution in [0.1, 0.15) is 31.6 Å². The zero-order valence-electron chi connectivity index (χ0n) is 13.4. The lowest BCUT2D eigenvalue weighted by Gasteiger charge is -2.45. The van der Waals surface area contributed by atoms with Crippen LogP contribution in [0.15, 0.2) is 30.3 Å². The lowest BCUT2D eigenvalue weighted by molar-refractivity contribution is -0.261. The largest absolute Gasteiger partial charge is 0.469 e. The minimum absolute atomic E-state index is 0.0315. The Morgan fingerprint density at radius 2 is 1.91 bits per heavy atom. The van der Waals surface area contributed by atoms with E-state index in [1.807, 2.05) is 30.3 Å². The highest BCUT2D eigenvalue weighted by molar-refractivity contribution is 5.85. The van der Waals surface area contributed by atoms with Gasteiger partial charge in [-0.1, -0.05) is 30.3 Å². The van der Waals surface area contributed by atoms with E-state index in [2.05, 4.69) is 0 Å². The van der Waals surface area contributed by atoms with Crippen molar-refractivity contribution in [2.75, 3.05) is 13.7 Å². The van der Waals surface area contributed by atoms with Crippen LogP contribution in [0.5, 0.6) is 0 Å². The van der Waals surface area contributed by atoms with E-state index in [4.69, 9.17) is 14.2 Å². The molecule has 2 aliphatic rings. The van der Waals surface area contributed by atoms with Crippen molar-refractivity contribution in [1.82, 2.24) is 0 Å². The molecule has 0 unspecified atom stereocenters. The lowest BCUT2D eigenvalue weighted by atomic mass is 9.69. The molecule has 1 saturated heterocycles. The molecule has 5 nitrogen and oxygen atoms in total. The number of fused-ring (bicyclic) bond motifs is 1. The van der Waals surface area contributed by atoms with Crippen molar-refractivity contribution in [1.29, 1.82) is 0 Å². The standard InChI is InChI=1S/C18H22O5/c1-11(19)13-8-9-15-14(16(13)17(20)21-2)10-22-18(23-15)12-6-4-3-5-7-12/h3-7,13-16,18H,8-10H2,1-2H3/t13-,14-,15-,16-,18+/m1/s1. The third-order valence-electron chi connectivity index (χ3n) is 4.94. The molecular weight excluding hydrogens is 296 g/mol. The summed E-state index contributed by atoms with van der Waals surface area (Å²) in [4.78, 5) is 24.1. The van der Waals surface area contributed by atoms with Crippen molar-refractivity contribution in [3.63, 3.8) is 0 Å². The van der Waals surface area contributed by atoms with Gasteiger partial charge in [-0.05, 0) is 19.8 Å². The average molecular weight is 318 g/mol. The van der Waals surface area contributed by atoms with Gasteiger partial charge in [0.15, 0.2) is 6.29 Å². The monoisotopic (exact) mass is 318 g/mol. The van der Waals surface area contributed by atoms with Crippen LogP contribution in [-0.4, -0.2) is 31.6 Å². The van der Waals surface area contributed by atoms with Crippen LogP contribution in [0.3, 0.4) is 0 Å². The highest BCUT2D eigenvalue weighted by Gasteiger charge is 2.49. The van der Waals surface area contributed by atoms with Gasteiger partial charge in [0.25, 0.3) is 0 Å². The van der Waals surface area contributed by atoms with Crippen LogP contribution in [0.25, 0.3) is 0 Å². The van der Waals surface area contributed by atoms with Crippen molar-refractivity contribution >= 4 is 11.8 Å². The number of rotatable bonds is 3. The highest BCUT2D eigenvalue weighted by Crippen LogP contribution is 2.43. The molecule has 0 amide bonds. The Labute approximate surface area is 135 Å². The second kappa shape index (κ2) is 6.81. The van der Waals surface area contributed by atoms with E-state index in [0.717, 1.165) is 12.0 Å². The van der Waals surface area contributed by atoms with Gasteiger partial charge in [-0.25, -0.2) is 0 Å². The summed E-state index contributed by atoms with van der Waals surface area (Å²) in [7, 11) is 1.36. The Bertz CT molecular complexity index is 570. The molecule has 1 aromatic rings. The molecule has 0 aromatic heterocycles. The summed E-state index contributed by atoms with van der Waals surface area (Å²) in [5, 5.41) is 0. The minimum Gasteiger partial charge on any atom is -0.469 e. The Hall–Kier alpha value is -1.72. The fraction of sp³-hybridized carbons (Fsp3) is 0.556. The molecule has 1 heterocycles. The molecule has 0 spiro atoms. The summed E-state index contributed by atoms with van der Waals surface area (Å²) in [6.45, 7) is 1.94. The molecule has 5 heteroatoms.